The molecule has 0 unspecified atom stereocenters. The topological polar surface area (TPSA) is 138 Å². The Kier molecular flexibility index (Phi) is 10.1. The number of para-hydroxylation sites is 1. The van der Waals surface area contributed by atoms with Crippen molar-refractivity contribution in [3.8, 4) is 0 Å². The van der Waals surface area contributed by atoms with Crippen molar-refractivity contribution >= 4 is 40.3 Å². The number of aromatic nitrogens is 1. The number of piperidine rings is 1. The molecule has 2 aromatic carbocycles. The summed E-state index contributed by atoms with van der Waals surface area (Å²) in [6.45, 7) is 0.557. The molecule has 1 aromatic heterocycles. The molecule has 10 nitrogen and oxygen atoms in total. The molecule has 4 amide bonds. The average molecular weight is 600 g/mol. The molecule has 0 bridgehead atoms. The zero-order valence-electron chi connectivity index (χ0n) is 25.1. The summed E-state index contributed by atoms with van der Waals surface area (Å²) in [5.74, 6) is -3.27. The first-order valence-corrected chi connectivity index (χ1v) is 15.6. The van der Waals surface area contributed by atoms with E-state index in [0.29, 0.717) is 18.7 Å². The minimum atomic E-state index is -1.22. The minimum absolute atomic E-state index is 0.00367. The van der Waals surface area contributed by atoms with Crippen LogP contribution in [0.4, 0.5) is 0 Å². The van der Waals surface area contributed by atoms with Gasteiger partial charge in [-0.05, 0) is 49.8 Å². The Morgan fingerprint density at radius 3 is 2.34 bits per heavy atom. The third-order valence-corrected chi connectivity index (χ3v) is 8.81. The van der Waals surface area contributed by atoms with E-state index in [4.69, 9.17) is 0 Å². The fourth-order valence-electron chi connectivity index (χ4n) is 6.31. The summed E-state index contributed by atoms with van der Waals surface area (Å²) in [6.07, 6.45) is 6.16. The van der Waals surface area contributed by atoms with Gasteiger partial charge < -0.3 is 25.8 Å². The van der Waals surface area contributed by atoms with Gasteiger partial charge in [-0.3, -0.25) is 24.0 Å². The van der Waals surface area contributed by atoms with Gasteiger partial charge in [0.05, 0.1) is 6.04 Å². The number of amides is 4. The van der Waals surface area contributed by atoms with Gasteiger partial charge in [0, 0.05) is 42.9 Å². The Hall–Kier alpha value is -4.47. The largest absolute Gasteiger partial charge is 0.356 e. The van der Waals surface area contributed by atoms with Gasteiger partial charge in [-0.25, -0.2) is 0 Å². The maximum absolute atomic E-state index is 13.9. The van der Waals surface area contributed by atoms with Gasteiger partial charge in [0.15, 0.2) is 0 Å². The molecule has 0 spiro atoms. The lowest BCUT2D eigenvalue weighted by atomic mass is 9.89. The maximum atomic E-state index is 13.9. The van der Waals surface area contributed by atoms with Gasteiger partial charge in [0.2, 0.25) is 17.6 Å². The van der Waals surface area contributed by atoms with Crippen LogP contribution in [0.15, 0.2) is 60.7 Å². The summed E-state index contributed by atoms with van der Waals surface area (Å²) in [6, 6.07) is 16.3. The molecule has 232 valence electrons. The predicted octanol–water partition coefficient (Wildman–Crippen LogP) is 2.94. The van der Waals surface area contributed by atoms with Crippen LogP contribution in [-0.4, -0.2) is 58.6 Å². The third-order valence-electron chi connectivity index (χ3n) is 8.81. The van der Waals surface area contributed by atoms with Crippen molar-refractivity contribution in [3.63, 3.8) is 0 Å². The van der Waals surface area contributed by atoms with Crippen molar-refractivity contribution in [2.24, 2.45) is 13.0 Å². The number of fused-ring (bicyclic) bond motifs is 1. The van der Waals surface area contributed by atoms with Gasteiger partial charge in [0.25, 0.3) is 11.8 Å². The van der Waals surface area contributed by atoms with Gasteiger partial charge >= 0.3 is 0 Å². The van der Waals surface area contributed by atoms with Crippen molar-refractivity contribution < 1.29 is 24.0 Å². The smallest absolute Gasteiger partial charge is 0.289 e. The number of hydrogen-bond donors (Lipinski definition) is 4. The highest BCUT2D eigenvalue weighted by atomic mass is 16.2. The van der Waals surface area contributed by atoms with Gasteiger partial charge in [-0.1, -0.05) is 67.8 Å². The van der Waals surface area contributed by atoms with E-state index in [1.165, 1.54) is 0 Å². The van der Waals surface area contributed by atoms with Crippen molar-refractivity contribution in [2.45, 2.75) is 75.9 Å². The monoisotopic (exact) mass is 599 g/mol. The van der Waals surface area contributed by atoms with Gasteiger partial charge in [0.1, 0.15) is 11.7 Å². The molecule has 2 aliphatic rings. The second kappa shape index (κ2) is 14.3. The van der Waals surface area contributed by atoms with E-state index in [0.717, 1.165) is 55.0 Å². The van der Waals surface area contributed by atoms with E-state index in [1.807, 2.05) is 54.6 Å². The SMILES string of the molecule is Cn1c(C(=O)N[C@@H](Cc2ccccc2)C(=O)N[C@@H](C[C@@H]2CCCNC2=O)C(=O)C(=O)NC2CCCCC2)cc2ccccc21. The fourth-order valence-corrected chi connectivity index (χ4v) is 6.31. The summed E-state index contributed by atoms with van der Waals surface area (Å²) in [5.41, 5.74) is 2.08. The highest BCUT2D eigenvalue weighted by molar-refractivity contribution is 6.38. The first kappa shape index (κ1) is 31.0. The number of carbonyl (C=O) groups is 5. The Morgan fingerprint density at radius 2 is 1.61 bits per heavy atom. The highest BCUT2D eigenvalue weighted by Crippen LogP contribution is 2.21. The quantitative estimate of drug-likeness (QED) is 0.251. The van der Waals surface area contributed by atoms with Crippen molar-refractivity contribution in [1.29, 1.82) is 0 Å². The van der Waals surface area contributed by atoms with Crippen LogP contribution in [0.2, 0.25) is 0 Å². The van der Waals surface area contributed by atoms with Crippen molar-refractivity contribution in [3.05, 3.63) is 71.9 Å². The van der Waals surface area contributed by atoms with Crippen LogP contribution in [0.3, 0.4) is 0 Å². The Labute approximate surface area is 257 Å². The zero-order valence-corrected chi connectivity index (χ0v) is 25.1. The van der Waals surface area contributed by atoms with Crippen LogP contribution in [-0.2, 0) is 32.6 Å². The van der Waals surface area contributed by atoms with E-state index >= 15 is 0 Å². The van der Waals surface area contributed by atoms with Crippen molar-refractivity contribution in [2.75, 3.05) is 6.54 Å². The van der Waals surface area contributed by atoms with Gasteiger partial charge in [-0.2, -0.15) is 0 Å². The number of Topliss-reactive ketones (excluding diaryl/α,β-unsaturated/α-hetero) is 1. The predicted molar refractivity (Wildman–Crippen MR) is 167 cm³/mol. The fraction of sp³-hybridized carbons (Fsp3) is 0.441. The molecule has 5 rings (SSSR count). The second-order valence-electron chi connectivity index (χ2n) is 12.0. The minimum Gasteiger partial charge on any atom is -0.356 e. The molecule has 10 heteroatoms. The molecular weight excluding hydrogens is 558 g/mol. The van der Waals surface area contributed by atoms with Crippen LogP contribution >= 0.6 is 0 Å². The number of carbonyl (C=O) groups excluding carboxylic acids is 5. The maximum Gasteiger partial charge on any atom is 0.289 e. The zero-order chi connectivity index (χ0) is 31.1. The molecule has 1 saturated heterocycles. The van der Waals surface area contributed by atoms with Crippen LogP contribution in [0.1, 0.15) is 67.4 Å². The summed E-state index contributed by atoms with van der Waals surface area (Å²) >= 11 is 0. The number of hydrogen-bond acceptors (Lipinski definition) is 5. The Morgan fingerprint density at radius 1 is 0.886 bits per heavy atom. The number of benzene rings is 2. The number of rotatable bonds is 11. The molecular formula is C34H41N5O5. The normalized spacial score (nSPS) is 18.6. The van der Waals surface area contributed by atoms with E-state index in [-0.39, 0.29) is 24.8 Å². The molecule has 2 heterocycles. The molecule has 44 heavy (non-hydrogen) atoms. The van der Waals surface area contributed by atoms with E-state index in [2.05, 4.69) is 21.3 Å². The summed E-state index contributed by atoms with van der Waals surface area (Å²) in [5, 5.41) is 12.2. The lowest BCUT2D eigenvalue weighted by Crippen LogP contribution is -2.56. The standard InChI is InChI=1S/C34H41N5O5/c1-39-28-17-9-8-13-23(28)21-29(39)33(43)38-27(19-22-11-4-2-5-12-22)32(42)37-26(20-24-14-10-18-35-31(24)41)30(40)34(44)36-25-15-6-3-7-16-25/h2,4-5,8-9,11-13,17,21,24-27H,3,6-7,10,14-16,18-20H2,1H3,(H,35,41)(H,36,44)(H,37,42)(H,38,43)/t24-,26-,27-/m0/s1. The average Bonchev–Trinajstić information content (AvgIpc) is 3.38. The molecule has 3 aromatic rings. The second-order valence-corrected chi connectivity index (χ2v) is 12.0. The molecule has 1 saturated carbocycles. The third kappa shape index (κ3) is 7.53. The highest BCUT2D eigenvalue weighted by Gasteiger charge is 2.35. The summed E-state index contributed by atoms with van der Waals surface area (Å²) in [4.78, 5) is 66.7. The number of aryl methyl sites for hydroxylation is 1. The number of ketones is 1. The lowest BCUT2D eigenvalue weighted by Gasteiger charge is -2.28. The summed E-state index contributed by atoms with van der Waals surface area (Å²) < 4.78 is 1.77. The molecule has 1 aliphatic heterocycles. The Balaban J connectivity index is 1.37. The first-order valence-electron chi connectivity index (χ1n) is 15.6. The van der Waals surface area contributed by atoms with Gasteiger partial charge in [-0.15, -0.1) is 0 Å². The van der Waals surface area contributed by atoms with E-state index in [9.17, 15) is 24.0 Å². The molecule has 2 fully saturated rings. The molecule has 0 radical (unpaired) electrons. The summed E-state index contributed by atoms with van der Waals surface area (Å²) in [7, 11) is 1.79. The van der Waals surface area contributed by atoms with Crippen LogP contribution in [0.5, 0.6) is 0 Å². The lowest BCUT2D eigenvalue weighted by molar-refractivity contribution is -0.141. The Bertz CT molecular complexity index is 1510. The first-order chi connectivity index (χ1) is 21.3. The molecule has 1 aliphatic carbocycles. The van der Waals surface area contributed by atoms with Crippen LogP contribution in [0.25, 0.3) is 10.9 Å². The van der Waals surface area contributed by atoms with Crippen LogP contribution in [0, 0.1) is 5.92 Å². The van der Waals surface area contributed by atoms with E-state index in [1.54, 1.807) is 17.7 Å². The molecule has 3 atom stereocenters. The molecule has 4 N–H and O–H groups in total. The number of nitrogens with one attached hydrogen (secondary N) is 4. The van der Waals surface area contributed by atoms with Crippen LogP contribution < -0.4 is 21.3 Å². The van der Waals surface area contributed by atoms with Crippen molar-refractivity contribution in [1.82, 2.24) is 25.8 Å². The van der Waals surface area contributed by atoms with E-state index < -0.39 is 41.5 Å². The number of nitrogens with zero attached hydrogens (tertiary/aromatic N) is 1.